The van der Waals surface area contributed by atoms with Crippen molar-refractivity contribution in [2.45, 2.75) is 25.8 Å². The predicted molar refractivity (Wildman–Crippen MR) is 111 cm³/mol. The van der Waals surface area contributed by atoms with Crippen LogP contribution in [0, 0.1) is 0 Å². The average molecular weight is 378 g/mol. The monoisotopic (exact) mass is 378 g/mol. The number of nitrogens with one attached hydrogen (secondary N) is 1. The third-order valence-electron chi connectivity index (χ3n) is 4.78. The maximum atomic E-state index is 12.8. The van der Waals surface area contributed by atoms with Crippen molar-refractivity contribution >= 4 is 11.6 Å². The Morgan fingerprint density at radius 2 is 1.79 bits per heavy atom. The minimum absolute atomic E-state index is 0.0585. The summed E-state index contributed by atoms with van der Waals surface area (Å²) in [6.07, 6.45) is 5.11. The molecule has 0 aliphatic heterocycles. The lowest BCUT2D eigenvalue weighted by atomic mass is 10.0. The Balaban J connectivity index is 1.89. The van der Waals surface area contributed by atoms with Gasteiger partial charge in [0, 0.05) is 23.6 Å². The van der Waals surface area contributed by atoms with Crippen molar-refractivity contribution in [2.24, 2.45) is 0 Å². The van der Waals surface area contributed by atoms with E-state index in [1.165, 1.54) is 5.56 Å². The lowest BCUT2D eigenvalue weighted by molar-refractivity contribution is -0.116. The van der Waals surface area contributed by atoms with Crippen LogP contribution in [0.3, 0.4) is 0 Å². The second-order valence-electron chi connectivity index (χ2n) is 6.54. The number of benzene rings is 2. The van der Waals surface area contributed by atoms with Crippen LogP contribution in [0.15, 0.2) is 67.0 Å². The number of hydrogen-bond acceptors (Lipinski definition) is 3. The number of hydrogen-bond donors (Lipinski definition) is 1. The predicted octanol–water partition coefficient (Wildman–Crippen LogP) is 4.69. The van der Waals surface area contributed by atoms with E-state index in [0.29, 0.717) is 11.5 Å². The zero-order valence-corrected chi connectivity index (χ0v) is 16.5. The van der Waals surface area contributed by atoms with E-state index >= 15 is 0 Å². The summed E-state index contributed by atoms with van der Waals surface area (Å²) in [5.74, 6) is 1.23. The van der Waals surface area contributed by atoms with Crippen molar-refractivity contribution in [3.63, 3.8) is 0 Å². The number of carbonyl (C=O) groups is 1. The fourth-order valence-electron chi connectivity index (χ4n) is 3.36. The largest absolute Gasteiger partial charge is 0.493 e. The molecule has 3 rings (SSSR count). The molecule has 0 spiro atoms. The van der Waals surface area contributed by atoms with Gasteiger partial charge >= 0.3 is 0 Å². The minimum Gasteiger partial charge on any atom is -0.493 e. The third-order valence-corrected chi connectivity index (χ3v) is 4.78. The number of para-hydroxylation sites is 1. The molecular formula is C23H26N2O3. The molecule has 0 aliphatic rings. The summed E-state index contributed by atoms with van der Waals surface area (Å²) in [7, 11) is 3.23. The average Bonchev–Trinajstić information content (AvgIpc) is 3.26. The molecule has 0 unspecified atom stereocenters. The van der Waals surface area contributed by atoms with Crippen LogP contribution in [0.5, 0.6) is 11.5 Å². The number of carbonyl (C=O) groups excluding carboxylic acids is 1. The van der Waals surface area contributed by atoms with E-state index in [-0.39, 0.29) is 18.4 Å². The first-order valence-electron chi connectivity index (χ1n) is 9.38. The number of ether oxygens (including phenoxy) is 2. The lowest BCUT2D eigenvalue weighted by Crippen LogP contribution is -2.20. The van der Waals surface area contributed by atoms with Crippen LogP contribution in [0.4, 0.5) is 5.69 Å². The molecule has 0 bridgehead atoms. The van der Waals surface area contributed by atoms with Crippen molar-refractivity contribution in [3.05, 3.63) is 78.1 Å². The number of rotatable bonds is 8. The maximum Gasteiger partial charge on any atom is 0.226 e. The number of anilines is 1. The summed E-state index contributed by atoms with van der Waals surface area (Å²) in [5, 5.41) is 3.02. The fraction of sp³-hybridized carbons (Fsp3) is 0.261. The van der Waals surface area contributed by atoms with Gasteiger partial charge in [0.1, 0.15) is 0 Å². The molecule has 0 fully saturated rings. The van der Waals surface area contributed by atoms with E-state index in [0.717, 1.165) is 17.7 Å². The summed E-state index contributed by atoms with van der Waals surface area (Å²) < 4.78 is 13.1. The molecule has 5 heteroatoms. The zero-order valence-electron chi connectivity index (χ0n) is 16.5. The normalized spacial score (nSPS) is 11.7. The van der Waals surface area contributed by atoms with Crippen molar-refractivity contribution in [1.29, 1.82) is 0 Å². The van der Waals surface area contributed by atoms with Gasteiger partial charge in [-0.3, -0.25) is 4.79 Å². The SMILES string of the molecule is CCc1cccc(NC(=O)C[C@H](c2cccc(OC)c2OC)n2cccc2)c1. The van der Waals surface area contributed by atoms with E-state index in [1.54, 1.807) is 14.2 Å². The van der Waals surface area contributed by atoms with Gasteiger partial charge in [-0.05, 0) is 42.3 Å². The Kier molecular flexibility index (Phi) is 6.37. The number of aromatic nitrogens is 1. The summed E-state index contributed by atoms with van der Waals surface area (Å²) in [4.78, 5) is 12.8. The molecule has 5 nitrogen and oxygen atoms in total. The maximum absolute atomic E-state index is 12.8. The van der Waals surface area contributed by atoms with Crippen molar-refractivity contribution in [3.8, 4) is 11.5 Å². The molecule has 1 heterocycles. The molecule has 2 aromatic carbocycles. The molecule has 0 radical (unpaired) electrons. The first-order valence-corrected chi connectivity index (χ1v) is 9.38. The molecule has 0 saturated carbocycles. The Bertz CT molecular complexity index is 919. The fourth-order valence-corrected chi connectivity index (χ4v) is 3.36. The molecule has 0 aliphatic carbocycles. The molecule has 1 atom stereocenters. The standard InChI is InChI=1S/C23H26N2O3/c1-4-17-9-7-10-18(15-17)24-22(26)16-20(25-13-5-6-14-25)19-11-8-12-21(27-2)23(19)28-3/h5-15,20H,4,16H2,1-3H3,(H,24,26)/t20-/m1/s1. The Labute approximate surface area is 165 Å². The minimum atomic E-state index is -0.214. The van der Waals surface area contributed by atoms with Crippen LogP contribution in [0.2, 0.25) is 0 Å². The second kappa shape index (κ2) is 9.13. The number of amides is 1. The van der Waals surface area contributed by atoms with Crippen molar-refractivity contribution in [2.75, 3.05) is 19.5 Å². The van der Waals surface area contributed by atoms with Gasteiger partial charge in [0.25, 0.3) is 0 Å². The van der Waals surface area contributed by atoms with Crippen molar-refractivity contribution in [1.82, 2.24) is 4.57 Å². The molecule has 146 valence electrons. The van der Waals surface area contributed by atoms with Crippen LogP contribution in [-0.4, -0.2) is 24.7 Å². The molecule has 3 aromatic rings. The van der Waals surface area contributed by atoms with E-state index in [9.17, 15) is 4.79 Å². The van der Waals surface area contributed by atoms with Crippen LogP contribution in [-0.2, 0) is 11.2 Å². The Morgan fingerprint density at radius 3 is 2.46 bits per heavy atom. The van der Waals surface area contributed by atoms with Crippen molar-refractivity contribution < 1.29 is 14.3 Å². The number of nitrogens with zero attached hydrogens (tertiary/aromatic N) is 1. The van der Waals surface area contributed by atoms with E-state index in [1.807, 2.05) is 65.5 Å². The highest BCUT2D eigenvalue weighted by molar-refractivity contribution is 5.91. The number of methoxy groups -OCH3 is 2. The summed E-state index contributed by atoms with van der Waals surface area (Å²) in [6.45, 7) is 2.10. The van der Waals surface area contributed by atoms with Gasteiger partial charge in [-0.2, -0.15) is 0 Å². The molecular weight excluding hydrogens is 352 g/mol. The zero-order chi connectivity index (χ0) is 19.9. The van der Waals surface area contributed by atoms with Gasteiger partial charge < -0.3 is 19.4 Å². The Morgan fingerprint density at radius 1 is 1.04 bits per heavy atom. The van der Waals surface area contributed by atoms with Gasteiger partial charge in [0.15, 0.2) is 11.5 Å². The molecule has 1 N–H and O–H groups in total. The van der Waals surface area contributed by atoms with Crippen LogP contribution in [0.25, 0.3) is 0 Å². The van der Waals surface area contributed by atoms with Gasteiger partial charge in [-0.1, -0.05) is 31.2 Å². The number of aryl methyl sites for hydroxylation is 1. The first kappa shape index (κ1) is 19.5. The summed E-state index contributed by atoms with van der Waals surface area (Å²) in [6, 6.07) is 17.3. The summed E-state index contributed by atoms with van der Waals surface area (Å²) >= 11 is 0. The van der Waals surface area contributed by atoms with E-state index < -0.39 is 0 Å². The van der Waals surface area contributed by atoms with Gasteiger partial charge in [-0.15, -0.1) is 0 Å². The quantitative estimate of drug-likeness (QED) is 0.619. The van der Waals surface area contributed by atoms with E-state index in [4.69, 9.17) is 9.47 Å². The highest BCUT2D eigenvalue weighted by Crippen LogP contribution is 2.37. The molecule has 0 saturated heterocycles. The smallest absolute Gasteiger partial charge is 0.226 e. The Hall–Kier alpha value is -3.21. The van der Waals surface area contributed by atoms with Crippen LogP contribution >= 0.6 is 0 Å². The van der Waals surface area contributed by atoms with Gasteiger partial charge in [0.05, 0.1) is 26.7 Å². The topological polar surface area (TPSA) is 52.5 Å². The highest BCUT2D eigenvalue weighted by Gasteiger charge is 2.23. The lowest BCUT2D eigenvalue weighted by Gasteiger charge is -2.22. The van der Waals surface area contributed by atoms with Crippen LogP contribution < -0.4 is 14.8 Å². The summed E-state index contributed by atoms with van der Waals surface area (Å²) in [5.41, 5.74) is 2.90. The highest BCUT2D eigenvalue weighted by atomic mass is 16.5. The van der Waals surface area contributed by atoms with Gasteiger partial charge in [0.2, 0.25) is 5.91 Å². The molecule has 1 amide bonds. The second-order valence-corrected chi connectivity index (χ2v) is 6.54. The van der Waals surface area contributed by atoms with E-state index in [2.05, 4.69) is 18.3 Å². The van der Waals surface area contributed by atoms with Crippen LogP contribution in [0.1, 0.15) is 30.5 Å². The molecule has 28 heavy (non-hydrogen) atoms. The third kappa shape index (κ3) is 4.36. The molecule has 1 aromatic heterocycles. The first-order chi connectivity index (χ1) is 13.7. The van der Waals surface area contributed by atoms with Gasteiger partial charge in [-0.25, -0.2) is 0 Å².